The molecule has 16 heavy (non-hydrogen) atoms. The maximum absolute atomic E-state index is 13.4. The summed E-state index contributed by atoms with van der Waals surface area (Å²) in [5.74, 6) is 0.0516. The van der Waals surface area contributed by atoms with Crippen LogP contribution in [0, 0.1) is 5.82 Å². The van der Waals surface area contributed by atoms with Crippen molar-refractivity contribution in [1.82, 2.24) is 10.1 Å². The van der Waals surface area contributed by atoms with Crippen molar-refractivity contribution in [2.45, 2.75) is 13.2 Å². The second-order valence-corrected chi connectivity index (χ2v) is 3.11. The van der Waals surface area contributed by atoms with Gasteiger partial charge in [-0.1, -0.05) is 11.2 Å². The van der Waals surface area contributed by atoms with Crippen LogP contribution in [0.15, 0.2) is 29.1 Å². The maximum Gasteiger partial charge on any atom is 0.213 e. The van der Waals surface area contributed by atoms with E-state index in [4.69, 9.17) is 10.5 Å². The van der Waals surface area contributed by atoms with Crippen LogP contribution in [0.3, 0.4) is 0 Å². The number of hydrogen-bond donors (Lipinski definition) is 1. The van der Waals surface area contributed by atoms with E-state index < -0.39 is 5.82 Å². The SMILES string of the molecule is NCc1ccc(OCc2ncon2)c(F)c1. The van der Waals surface area contributed by atoms with Gasteiger partial charge in [0.05, 0.1) is 0 Å². The fourth-order valence-electron chi connectivity index (χ4n) is 1.19. The van der Waals surface area contributed by atoms with Crippen molar-refractivity contribution >= 4 is 0 Å². The third-order valence-corrected chi connectivity index (χ3v) is 2.00. The molecule has 0 saturated carbocycles. The quantitative estimate of drug-likeness (QED) is 0.844. The second-order valence-electron chi connectivity index (χ2n) is 3.11. The van der Waals surface area contributed by atoms with E-state index in [1.165, 1.54) is 18.5 Å². The summed E-state index contributed by atoms with van der Waals surface area (Å²) < 4.78 is 23.1. The lowest BCUT2D eigenvalue weighted by Crippen LogP contribution is -2.01. The predicted octanol–water partition coefficient (Wildman–Crippen LogP) is 1.25. The number of nitrogens with two attached hydrogens (primary N) is 1. The van der Waals surface area contributed by atoms with Gasteiger partial charge in [-0.05, 0) is 17.7 Å². The van der Waals surface area contributed by atoms with Crippen molar-refractivity contribution in [1.29, 1.82) is 0 Å². The molecule has 1 aromatic carbocycles. The Morgan fingerprint density at radius 2 is 2.31 bits per heavy atom. The number of ether oxygens (including phenoxy) is 1. The van der Waals surface area contributed by atoms with Gasteiger partial charge in [0.25, 0.3) is 0 Å². The number of hydrogen-bond acceptors (Lipinski definition) is 5. The maximum atomic E-state index is 13.4. The van der Waals surface area contributed by atoms with Crippen LogP contribution in [0.2, 0.25) is 0 Å². The third kappa shape index (κ3) is 2.34. The van der Waals surface area contributed by atoms with Crippen molar-refractivity contribution in [3.63, 3.8) is 0 Å². The van der Waals surface area contributed by atoms with Gasteiger partial charge >= 0.3 is 0 Å². The molecule has 1 aromatic heterocycles. The van der Waals surface area contributed by atoms with Crippen molar-refractivity contribution in [3.05, 3.63) is 41.8 Å². The first kappa shape index (κ1) is 10.6. The minimum absolute atomic E-state index is 0.0649. The van der Waals surface area contributed by atoms with Gasteiger partial charge in [0.15, 0.2) is 18.2 Å². The fraction of sp³-hybridized carbons (Fsp3) is 0.200. The highest BCUT2D eigenvalue weighted by Gasteiger charge is 2.06. The Kier molecular flexibility index (Phi) is 3.11. The average molecular weight is 223 g/mol. The normalized spacial score (nSPS) is 10.4. The third-order valence-electron chi connectivity index (χ3n) is 2.00. The van der Waals surface area contributed by atoms with E-state index in [1.807, 2.05) is 0 Å². The Hall–Kier alpha value is -1.95. The van der Waals surface area contributed by atoms with Crippen LogP contribution >= 0.6 is 0 Å². The van der Waals surface area contributed by atoms with Gasteiger partial charge in [-0.25, -0.2) is 4.39 Å². The Bertz CT molecular complexity index is 459. The zero-order valence-corrected chi connectivity index (χ0v) is 8.39. The van der Waals surface area contributed by atoms with Crippen molar-refractivity contribution < 1.29 is 13.7 Å². The monoisotopic (exact) mass is 223 g/mol. The lowest BCUT2D eigenvalue weighted by atomic mass is 10.2. The first-order valence-electron chi connectivity index (χ1n) is 4.66. The number of halogens is 1. The summed E-state index contributed by atoms with van der Waals surface area (Å²) in [6.07, 6.45) is 1.19. The molecular formula is C10H10FN3O2. The van der Waals surface area contributed by atoms with Crippen LogP contribution < -0.4 is 10.5 Å². The lowest BCUT2D eigenvalue weighted by Gasteiger charge is -2.05. The van der Waals surface area contributed by atoms with E-state index in [0.29, 0.717) is 17.9 Å². The van der Waals surface area contributed by atoms with E-state index in [9.17, 15) is 4.39 Å². The molecule has 2 aromatic rings. The van der Waals surface area contributed by atoms with Gasteiger partial charge in [0.2, 0.25) is 12.2 Å². The van der Waals surface area contributed by atoms with Crippen LogP contribution in [-0.4, -0.2) is 10.1 Å². The van der Waals surface area contributed by atoms with Crippen LogP contribution in [0.1, 0.15) is 11.4 Å². The molecule has 0 bridgehead atoms. The summed E-state index contributed by atoms with van der Waals surface area (Å²) in [5, 5.41) is 3.54. The van der Waals surface area contributed by atoms with Gasteiger partial charge in [0, 0.05) is 6.54 Å². The number of benzene rings is 1. The first-order chi connectivity index (χ1) is 7.79. The minimum atomic E-state index is -0.452. The van der Waals surface area contributed by atoms with Crippen molar-refractivity contribution in [2.75, 3.05) is 0 Å². The molecule has 0 atom stereocenters. The summed E-state index contributed by atoms with van der Waals surface area (Å²) in [7, 11) is 0. The summed E-state index contributed by atoms with van der Waals surface area (Å²) in [5.41, 5.74) is 6.09. The molecule has 0 aliphatic carbocycles. The Balaban J connectivity index is 2.04. The molecule has 0 fully saturated rings. The molecule has 0 unspecified atom stereocenters. The van der Waals surface area contributed by atoms with Crippen LogP contribution in [-0.2, 0) is 13.2 Å². The van der Waals surface area contributed by atoms with Gasteiger partial charge in [-0.3, -0.25) is 0 Å². The molecule has 0 aliphatic rings. The highest BCUT2D eigenvalue weighted by molar-refractivity contribution is 5.29. The minimum Gasteiger partial charge on any atom is -0.482 e. The molecule has 84 valence electrons. The molecule has 2 rings (SSSR count). The highest BCUT2D eigenvalue weighted by Crippen LogP contribution is 2.18. The number of nitrogens with zero attached hydrogens (tertiary/aromatic N) is 2. The van der Waals surface area contributed by atoms with E-state index in [2.05, 4.69) is 14.7 Å². The van der Waals surface area contributed by atoms with Crippen LogP contribution in [0.4, 0.5) is 4.39 Å². The Labute approximate surface area is 91.0 Å². The van der Waals surface area contributed by atoms with Crippen LogP contribution in [0.25, 0.3) is 0 Å². The van der Waals surface area contributed by atoms with Crippen LogP contribution in [0.5, 0.6) is 5.75 Å². The average Bonchev–Trinajstić information content (AvgIpc) is 2.80. The van der Waals surface area contributed by atoms with Crippen molar-refractivity contribution in [2.24, 2.45) is 5.73 Å². The first-order valence-corrected chi connectivity index (χ1v) is 4.66. The van der Waals surface area contributed by atoms with E-state index in [0.717, 1.165) is 0 Å². The molecule has 0 saturated heterocycles. The lowest BCUT2D eigenvalue weighted by molar-refractivity contribution is 0.273. The number of rotatable bonds is 4. The summed E-state index contributed by atoms with van der Waals surface area (Å²) in [6.45, 7) is 0.359. The smallest absolute Gasteiger partial charge is 0.213 e. The van der Waals surface area contributed by atoms with E-state index in [-0.39, 0.29) is 12.4 Å². The van der Waals surface area contributed by atoms with Crippen molar-refractivity contribution in [3.8, 4) is 5.75 Å². The molecule has 0 amide bonds. The molecule has 1 heterocycles. The van der Waals surface area contributed by atoms with E-state index >= 15 is 0 Å². The summed E-state index contributed by atoms with van der Waals surface area (Å²) in [4.78, 5) is 3.75. The molecular weight excluding hydrogens is 213 g/mol. The van der Waals surface area contributed by atoms with Gasteiger partial charge in [0.1, 0.15) is 0 Å². The summed E-state index contributed by atoms with van der Waals surface area (Å²) >= 11 is 0. The topological polar surface area (TPSA) is 74.2 Å². The molecule has 5 nitrogen and oxygen atoms in total. The molecule has 0 spiro atoms. The zero-order chi connectivity index (χ0) is 11.4. The standard InChI is InChI=1S/C10H10FN3O2/c11-8-3-7(4-12)1-2-9(8)15-5-10-13-6-16-14-10/h1-3,6H,4-5,12H2. The zero-order valence-electron chi connectivity index (χ0n) is 8.39. The molecule has 2 N–H and O–H groups in total. The largest absolute Gasteiger partial charge is 0.482 e. The molecule has 0 aliphatic heterocycles. The Morgan fingerprint density at radius 3 is 2.94 bits per heavy atom. The van der Waals surface area contributed by atoms with E-state index in [1.54, 1.807) is 6.07 Å². The molecule has 6 heteroatoms. The van der Waals surface area contributed by atoms with Gasteiger partial charge in [-0.15, -0.1) is 0 Å². The van der Waals surface area contributed by atoms with Gasteiger partial charge in [-0.2, -0.15) is 4.98 Å². The Morgan fingerprint density at radius 1 is 1.44 bits per heavy atom. The second kappa shape index (κ2) is 4.71. The fourth-order valence-corrected chi connectivity index (χ4v) is 1.19. The summed E-state index contributed by atoms with van der Waals surface area (Å²) in [6, 6.07) is 4.57. The predicted molar refractivity (Wildman–Crippen MR) is 52.9 cm³/mol. The highest BCUT2D eigenvalue weighted by atomic mass is 19.1. The molecule has 0 radical (unpaired) electrons. The number of aromatic nitrogens is 2. The van der Waals surface area contributed by atoms with Gasteiger partial charge < -0.3 is 15.0 Å².